The summed E-state index contributed by atoms with van der Waals surface area (Å²) >= 11 is 0. The highest BCUT2D eigenvalue weighted by Crippen LogP contribution is 2.40. The SMILES string of the molecule is COc1ccc2c(c1)OCCC2CC(O)C(F)(F)F. The molecule has 1 N–H and O–H groups in total. The topological polar surface area (TPSA) is 38.7 Å². The van der Waals surface area contributed by atoms with E-state index in [0.29, 0.717) is 30.1 Å². The van der Waals surface area contributed by atoms with Crippen molar-refractivity contribution in [1.82, 2.24) is 0 Å². The summed E-state index contributed by atoms with van der Waals surface area (Å²) in [6.07, 6.45) is -6.76. The third kappa shape index (κ3) is 3.12. The van der Waals surface area contributed by atoms with Crippen LogP contribution in [0.25, 0.3) is 0 Å². The maximum Gasteiger partial charge on any atom is 0.414 e. The maximum absolute atomic E-state index is 12.4. The van der Waals surface area contributed by atoms with Crippen molar-refractivity contribution in [2.75, 3.05) is 13.7 Å². The summed E-state index contributed by atoms with van der Waals surface area (Å²) in [6.45, 7) is 0.343. The molecular formula is C13H15F3O3. The molecule has 0 radical (unpaired) electrons. The molecule has 1 aliphatic heterocycles. The normalized spacial score (nSPS) is 20.4. The fraction of sp³-hybridized carbons (Fsp3) is 0.538. The molecule has 6 heteroatoms. The fourth-order valence-corrected chi connectivity index (χ4v) is 2.22. The first-order chi connectivity index (χ1) is 8.91. The van der Waals surface area contributed by atoms with Crippen LogP contribution in [0.2, 0.25) is 0 Å². The van der Waals surface area contributed by atoms with Gasteiger partial charge in [0.15, 0.2) is 0 Å². The second kappa shape index (κ2) is 5.28. The molecule has 19 heavy (non-hydrogen) atoms. The summed E-state index contributed by atoms with van der Waals surface area (Å²) in [4.78, 5) is 0. The Morgan fingerprint density at radius 1 is 1.47 bits per heavy atom. The van der Waals surface area contributed by atoms with Gasteiger partial charge < -0.3 is 14.6 Å². The van der Waals surface area contributed by atoms with Crippen LogP contribution in [0.15, 0.2) is 18.2 Å². The van der Waals surface area contributed by atoms with Crippen molar-refractivity contribution in [3.05, 3.63) is 23.8 Å². The molecule has 0 saturated carbocycles. The number of alkyl halides is 3. The van der Waals surface area contributed by atoms with Crippen molar-refractivity contribution >= 4 is 0 Å². The van der Waals surface area contributed by atoms with Gasteiger partial charge in [-0.3, -0.25) is 0 Å². The van der Waals surface area contributed by atoms with E-state index in [1.807, 2.05) is 0 Å². The Labute approximate surface area is 108 Å². The smallest absolute Gasteiger partial charge is 0.414 e. The Morgan fingerprint density at radius 3 is 2.84 bits per heavy atom. The van der Waals surface area contributed by atoms with Gasteiger partial charge in [-0.25, -0.2) is 0 Å². The number of ether oxygens (including phenoxy) is 2. The minimum absolute atomic E-state index is 0.341. The molecule has 2 unspecified atom stereocenters. The Hall–Kier alpha value is -1.43. The molecule has 106 valence electrons. The van der Waals surface area contributed by atoms with Gasteiger partial charge in [0.05, 0.1) is 13.7 Å². The van der Waals surface area contributed by atoms with E-state index in [1.54, 1.807) is 18.2 Å². The quantitative estimate of drug-likeness (QED) is 0.922. The van der Waals surface area contributed by atoms with Crippen LogP contribution in [0.5, 0.6) is 11.5 Å². The van der Waals surface area contributed by atoms with Crippen LogP contribution < -0.4 is 9.47 Å². The lowest BCUT2D eigenvalue weighted by Crippen LogP contribution is -2.31. The zero-order chi connectivity index (χ0) is 14.0. The summed E-state index contributed by atoms with van der Waals surface area (Å²) in [5, 5.41) is 9.17. The zero-order valence-electron chi connectivity index (χ0n) is 10.4. The standard InChI is InChI=1S/C13H15F3O3/c1-18-9-2-3-10-8(4-5-19-11(10)7-9)6-12(17)13(14,15)16/h2-3,7-8,12,17H,4-6H2,1H3. The first-order valence-electron chi connectivity index (χ1n) is 5.97. The summed E-state index contributed by atoms with van der Waals surface area (Å²) in [5.41, 5.74) is 0.690. The summed E-state index contributed by atoms with van der Waals surface area (Å²) in [5.74, 6) is 0.770. The Bertz CT molecular complexity index is 445. The van der Waals surface area contributed by atoms with Crippen LogP contribution in [-0.4, -0.2) is 31.1 Å². The molecule has 0 fully saturated rings. The van der Waals surface area contributed by atoms with Gasteiger partial charge in [-0.05, 0) is 30.4 Å². The van der Waals surface area contributed by atoms with Crippen LogP contribution >= 0.6 is 0 Å². The minimum Gasteiger partial charge on any atom is -0.497 e. The molecule has 0 aromatic heterocycles. The number of hydrogen-bond acceptors (Lipinski definition) is 3. The second-order valence-electron chi connectivity index (χ2n) is 4.53. The average Bonchev–Trinajstić information content (AvgIpc) is 2.37. The van der Waals surface area contributed by atoms with E-state index < -0.39 is 12.3 Å². The molecule has 0 saturated heterocycles. The molecule has 0 amide bonds. The number of aliphatic hydroxyl groups is 1. The number of fused-ring (bicyclic) bond motifs is 1. The fourth-order valence-electron chi connectivity index (χ4n) is 2.22. The molecule has 3 nitrogen and oxygen atoms in total. The van der Waals surface area contributed by atoms with Crippen molar-refractivity contribution in [2.24, 2.45) is 0 Å². The third-order valence-electron chi connectivity index (χ3n) is 3.27. The molecule has 1 aromatic rings. The molecule has 1 aliphatic rings. The largest absolute Gasteiger partial charge is 0.497 e. The number of aliphatic hydroxyl groups excluding tert-OH is 1. The van der Waals surface area contributed by atoms with E-state index in [9.17, 15) is 18.3 Å². The van der Waals surface area contributed by atoms with Crippen LogP contribution in [0.3, 0.4) is 0 Å². The zero-order valence-corrected chi connectivity index (χ0v) is 10.4. The second-order valence-corrected chi connectivity index (χ2v) is 4.53. The van der Waals surface area contributed by atoms with Crippen LogP contribution in [0.1, 0.15) is 24.3 Å². The first kappa shape index (κ1) is 14.0. The van der Waals surface area contributed by atoms with Gasteiger partial charge in [-0.1, -0.05) is 6.07 Å². The Balaban J connectivity index is 2.18. The highest BCUT2D eigenvalue weighted by atomic mass is 19.4. The number of halogens is 3. The number of rotatable bonds is 3. The van der Waals surface area contributed by atoms with Gasteiger partial charge >= 0.3 is 6.18 Å². The number of hydrogen-bond donors (Lipinski definition) is 1. The monoisotopic (exact) mass is 276 g/mol. The molecule has 1 heterocycles. The van der Waals surface area contributed by atoms with Crippen molar-refractivity contribution in [3.8, 4) is 11.5 Å². The van der Waals surface area contributed by atoms with E-state index in [-0.39, 0.29) is 12.3 Å². The Morgan fingerprint density at radius 2 is 2.21 bits per heavy atom. The molecule has 0 aliphatic carbocycles. The minimum atomic E-state index is -4.58. The summed E-state index contributed by atoms with van der Waals surface area (Å²) in [7, 11) is 1.51. The van der Waals surface area contributed by atoms with Crippen molar-refractivity contribution < 1.29 is 27.8 Å². The average molecular weight is 276 g/mol. The molecule has 1 aromatic carbocycles. The van der Waals surface area contributed by atoms with Gasteiger partial charge in [-0.2, -0.15) is 13.2 Å². The molecule has 0 bridgehead atoms. The lowest BCUT2D eigenvalue weighted by molar-refractivity contribution is -0.207. The van der Waals surface area contributed by atoms with Gasteiger partial charge in [0.1, 0.15) is 17.6 Å². The van der Waals surface area contributed by atoms with E-state index in [4.69, 9.17) is 9.47 Å². The summed E-state index contributed by atoms with van der Waals surface area (Å²) < 4.78 is 47.7. The lowest BCUT2D eigenvalue weighted by atomic mass is 9.88. The van der Waals surface area contributed by atoms with Crippen LogP contribution in [0.4, 0.5) is 13.2 Å². The predicted molar refractivity (Wildman–Crippen MR) is 62.5 cm³/mol. The van der Waals surface area contributed by atoms with Gasteiger partial charge in [0.2, 0.25) is 0 Å². The highest BCUT2D eigenvalue weighted by molar-refractivity contribution is 5.43. The van der Waals surface area contributed by atoms with E-state index in [2.05, 4.69) is 0 Å². The lowest BCUT2D eigenvalue weighted by Gasteiger charge is -2.28. The number of methoxy groups -OCH3 is 1. The maximum atomic E-state index is 12.4. The van der Waals surface area contributed by atoms with Gasteiger partial charge in [0.25, 0.3) is 0 Å². The highest BCUT2D eigenvalue weighted by Gasteiger charge is 2.40. The first-order valence-corrected chi connectivity index (χ1v) is 5.97. The molecular weight excluding hydrogens is 261 g/mol. The van der Waals surface area contributed by atoms with Gasteiger partial charge in [0, 0.05) is 6.07 Å². The van der Waals surface area contributed by atoms with E-state index >= 15 is 0 Å². The van der Waals surface area contributed by atoms with Crippen molar-refractivity contribution in [3.63, 3.8) is 0 Å². The van der Waals surface area contributed by atoms with Crippen LogP contribution in [0, 0.1) is 0 Å². The van der Waals surface area contributed by atoms with Crippen molar-refractivity contribution in [1.29, 1.82) is 0 Å². The van der Waals surface area contributed by atoms with Crippen LogP contribution in [-0.2, 0) is 0 Å². The van der Waals surface area contributed by atoms with E-state index in [0.717, 1.165) is 0 Å². The predicted octanol–water partition coefficient (Wildman–Crippen LogP) is 2.87. The molecule has 0 spiro atoms. The summed E-state index contributed by atoms with van der Waals surface area (Å²) in [6, 6.07) is 5.03. The van der Waals surface area contributed by atoms with Crippen molar-refractivity contribution in [2.45, 2.75) is 31.0 Å². The molecule has 2 rings (SSSR count). The molecule has 2 atom stereocenters. The van der Waals surface area contributed by atoms with E-state index in [1.165, 1.54) is 7.11 Å². The third-order valence-corrected chi connectivity index (χ3v) is 3.27. The van der Waals surface area contributed by atoms with Gasteiger partial charge in [-0.15, -0.1) is 0 Å². The number of benzene rings is 1. The Kier molecular flexibility index (Phi) is 3.89.